The highest BCUT2D eigenvalue weighted by atomic mass is 35.5. The lowest BCUT2D eigenvalue weighted by atomic mass is 9.72. The lowest BCUT2D eigenvalue weighted by Gasteiger charge is -2.33. The standard InChI is InChI=1S/C29H25Cl4N3O4S2/c1-29(2,3)13-7-8-16-17(11-34)27(42-18(16)9-13)36-19(37)12-41-15-6-4-5-14(10-15)35-26(38)20-21(28(39)40)23(31)25(33)24(32)22(20)30/h4-6,10,13H,7-9,12H2,1-3H3,(H,35,38)(H,36,37)(H,39,40). The van der Waals surface area contributed by atoms with E-state index in [1.54, 1.807) is 24.3 Å². The highest BCUT2D eigenvalue weighted by Crippen LogP contribution is 2.44. The zero-order valence-corrected chi connectivity index (χ0v) is 27.3. The van der Waals surface area contributed by atoms with E-state index < -0.39 is 28.0 Å². The number of anilines is 2. The molecule has 0 aliphatic heterocycles. The molecule has 0 bridgehead atoms. The molecule has 0 saturated heterocycles. The number of fused-ring (bicyclic) bond motifs is 1. The Morgan fingerprint density at radius 3 is 2.36 bits per heavy atom. The number of aromatic carboxylic acids is 1. The molecule has 220 valence electrons. The fourth-order valence-electron chi connectivity index (χ4n) is 4.75. The number of thiophene rings is 1. The van der Waals surface area contributed by atoms with Gasteiger partial charge in [0.05, 0.1) is 42.5 Å². The van der Waals surface area contributed by atoms with Crippen LogP contribution in [0.15, 0.2) is 29.2 Å². The van der Waals surface area contributed by atoms with Crippen LogP contribution in [0.25, 0.3) is 0 Å². The van der Waals surface area contributed by atoms with E-state index in [2.05, 4.69) is 37.5 Å². The van der Waals surface area contributed by atoms with Gasteiger partial charge in [-0.2, -0.15) is 5.26 Å². The van der Waals surface area contributed by atoms with Crippen LogP contribution in [0.5, 0.6) is 0 Å². The van der Waals surface area contributed by atoms with Crippen molar-refractivity contribution < 1.29 is 19.5 Å². The molecule has 1 unspecified atom stereocenters. The molecule has 0 fully saturated rings. The number of hydrogen-bond acceptors (Lipinski definition) is 6. The van der Waals surface area contributed by atoms with Gasteiger partial charge in [0, 0.05) is 15.5 Å². The zero-order valence-electron chi connectivity index (χ0n) is 22.7. The number of rotatable bonds is 7. The minimum Gasteiger partial charge on any atom is -0.478 e. The van der Waals surface area contributed by atoms with Crippen molar-refractivity contribution in [3.8, 4) is 6.07 Å². The fourth-order valence-corrected chi connectivity index (χ4v) is 7.81. The molecule has 4 rings (SSSR count). The summed E-state index contributed by atoms with van der Waals surface area (Å²) in [6, 6.07) is 8.93. The quantitative estimate of drug-likeness (QED) is 0.130. The summed E-state index contributed by atoms with van der Waals surface area (Å²) < 4.78 is 0. The molecular formula is C29H25Cl4N3O4S2. The van der Waals surface area contributed by atoms with Crippen molar-refractivity contribution in [1.29, 1.82) is 5.26 Å². The molecule has 2 aromatic carbocycles. The van der Waals surface area contributed by atoms with Crippen LogP contribution in [-0.2, 0) is 17.6 Å². The van der Waals surface area contributed by atoms with Crippen LogP contribution in [0.2, 0.25) is 20.1 Å². The van der Waals surface area contributed by atoms with Gasteiger partial charge in [-0.05, 0) is 54.4 Å². The predicted octanol–water partition coefficient (Wildman–Crippen LogP) is 9.07. The van der Waals surface area contributed by atoms with Crippen LogP contribution < -0.4 is 10.6 Å². The highest BCUT2D eigenvalue weighted by molar-refractivity contribution is 8.00. The van der Waals surface area contributed by atoms with Gasteiger partial charge in [0.2, 0.25) is 5.91 Å². The van der Waals surface area contributed by atoms with Crippen molar-refractivity contribution in [3.63, 3.8) is 0 Å². The first-order valence-electron chi connectivity index (χ1n) is 12.7. The first kappa shape index (κ1) is 32.5. The Morgan fingerprint density at radius 2 is 1.74 bits per heavy atom. The molecule has 42 heavy (non-hydrogen) atoms. The van der Waals surface area contributed by atoms with Crippen molar-refractivity contribution in [2.75, 3.05) is 16.4 Å². The van der Waals surface area contributed by atoms with Crippen molar-refractivity contribution >= 4 is 98.0 Å². The molecular weight excluding hydrogens is 660 g/mol. The lowest BCUT2D eigenvalue weighted by Crippen LogP contribution is -2.26. The number of nitrogens with zero attached hydrogens (tertiary/aromatic N) is 1. The van der Waals surface area contributed by atoms with Gasteiger partial charge < -0.3 is 15.7 Å². The zero-order chi connectivity index (χ0) is 30.9. The molecule has 1 aromatic heterocycles. The van der Waals surface area contributed by atoms with Crippen LogP contribution in [0.4, 0.5) is 10.7 Å². The Bertz CT molecular complexity index is 1640. The predicted molar refractivity (Wildman–Crippen MR) is 171 cm³/mol. The minimum absolute atomic E-state index is 0.0623. The summed E-state index contributed by atoms with van der Waals surface area (Å²) in [4.78, 5) is 39.6. The van der Waals surface area contributed by atoms with Gasteiger partial charge >= 0.3 is 5.97 Å². The number of benzene rings is 2. The van der Waals surface area contributed by atoms with Gasteiger partial charge in [-0.15, -0.1) is 23.1 Å². The molecule has 3 N–H and O–H groups in total. The van der Waals surface area contributed by atoms with E-state index >= 15 is 0 Å². The Kier molecular flexibility index (Phi) is 10.1. The molecule has 1 aliphatic carbocycles. The van der Waals surface area contributed by atoms with E-state index in [4.69, 9.17) is 46.4 Å². The molecule has 0 spiro atoms. The third-order valence-electron chi connectivity index (χ3n) is 7.02. The summed E-state index contributed by atoms with van der Waals surface area (Å²) in [6.07, 6.45) is 2.74. The molecule has 7 nitrogen and oxygen atoms in total. The Balaban J connectivity index is 1.45. The van der Waals surface area contributed by atoms with Crippen molar-refractivity contribution in [2.45, 2.75) is 44.9 Å². The van der Waals surface area contributed by atoms with Crippen LogP contribution in [-0.4, -0.2) is 28.6 Å². The largest absolute Gasteiger partial charge is 0.478 e. The fraction of sp³-hybridized carbons (Fsp3) is 0.310. The number of hydrogen-bond donors (Lipinski definition) is 3. The van der Waals surface area contributed by atoms with E-state index in [1.165, 1.54) is 28.0 Å². The monoisotopic (exact) mass is 683 g/mol. The highest BCUT2D eigenvalue weighted by Gasteiger charge is 2.33. The maximum atomic E-state index is 13.1. The Labute approximate surface area is 271 Å². The molecule has 2 amide bonds. The average Bonchev–Trinajstić information content (AvgIpc) is 3.28. The van der Waals surface area contributed by atoms with Crippen LogP contribution >= 0.6 is 69.5 Å². The number of amides is 2. The van der Waals surface area contributed by atoms with Crippen LogP contribution in [0, 0.1) is 22.7 Å². The third-order valence-corrected chi connectivity index (χ3v) is 11.0. The van der Waals surface area contributed by atoms with Gasteiger partial charge in [-0.1, -0.05) is 73.2 Å². The number of carboxylic acids is 1. The maximum absolute atomic E-state index is 13.1. The third kappa shape index (κ3) is 6.85. The number of halogens is 4. The number of nitrogens with one attached hydrogen (secondary N) is 2. The van der Waals surface area contributed by atoms with Crippen molar-refractivity contribution in [3.05, 3.63) is 71.5 Å². The van der Waals surface area contributed by atoms with E-state index in [-0.39, 0.29) is 32.1 Å². The number of carboxylic acid groups (broad SMARTS) is 1. The number of thioether (sulfide) groups is 1. The lowest BCUT2D eigenvalue weighted by molar-refractivity contribution is -0.113. The SMILES string of the molecule is CC(C)(C)C1CCc2c(sc(NC(=O)CSc3cccc(NC(=O)c4c(Cl)c(Cl)c(Cl)c(Cl)c4C(=O)O)c3)c2C#N)C1. The van der Waals surface area contributed by atoms with Gasteiger partial charge in [0.25, 0.3) is 5.91 Å². The van der Waals surface area contributed by atoms with Crippen molar-refractivity contribution in [2.24, 2.45) is 11.3 Å². The number of carbonyl (C=O) groups is 3. The molecule has 0 saturated carbocycles. The number of nitriles is 1. The van der Waals surface area contributed by atoms with E-state index in [9.17, 15) is 24.8 Å². The second-order valence-corrected chi connectivity index (χ2v) is 14.4. The summed E-state index contributed by atoms with van der Waals surface area (Å²) in [5.74, 6) is -2.03. The molecule has 3 aromatic rings. The second kappa shape index (κ2) is 13.0. The van der Waals surface area contributed by atoms with Gasteiger partial charge in [-0.25, -0.2) is 4.79 Å². The number of carbonyl (C=O) groups excluding carboxylic acids is 2. The van der Waals surface area contributed by atoms with E-state index in [0.29, 0.717) is 27.1 Å². The normalized spacial score (nSPS) is 14.6. The Hall–Kier alpha value is -2.45. The summed E-state index contributed by atoms with van der Waals surface area (Å²) in [7, 11) is 0. The summed E-state index contributed by atoms with van der Waals surface area (Å²) in [5.41, 5.74) is 1.09. The molecule has 13 heteroatoms. The molecule has 1 aliphatic rings. The first-order chi connectivity index (χ1) is 19.7. The van der Waals surface area contributed by atoms with Gasteiger partial charge in [0.15, 0.2) is 0 Å². The second-order valence-electron chi connectivity index (χ2n) is 10.8. The maximum Gasteiger partial charge on any atom is 0.338 e. The molecule has 1 heterocycles. The van der Waals surface area contributed by atoms with E-state index in [0.717, 1.165) is 24.8 Å². The van der Waals surface area contributed by atoms with Crippen LogP contribution in [0.3, 0.4) is 0 Å². The van der Waals surface area contributed by atoms with Crippen LogP contribution in [0.1, 0.15) is 63.9 Å². The Morgan fingerprint density at radius 1 is 1.07 bits per heavy atom. The van der Waals surface area contributed by atoms with Gasteiger partial charge in [0.1, 0.15) is 11.1 Å². The summed E-state index contributed by atoms with van der Waals surface area (Å²) >= 11 is 27.0. The summed E-state index contributed by atoms with van der Waals surface area (Å²) in [5, 5.41) is 24.2. The van der Waals surface area contributed by atoms with Gasteiger partial charge in [-0.3, -0.25) is 9.59 Å². The summed E-state index contributed by atoms with van der Waals surface area (Å²) in [6.45, 7) is 6.69. The molecule has 0 radical (unpaired) electrons. The minimum atomic E-state index is -1.50. The molecule has 1 atom stereocenters. The first-order valence-corrected chi connectivity index (χ1v) is 16.0. The smallest absolute Gasteiger partial charge is 0.338 e. The average molecular weight is 685 g/mol. The van der Waals surface area contributed by atoms with E-state index in [1.807, 2.05) is 0 Å². The topological polar surface area (TPSA) is 119 Å². The van der Waals surface area contributed by atoms with Crippen molar-refractivity contribution in [1.82, 2.24) is 0 Å².